The first-order chi connectivity index (χ1) is 15.1. The highest BCUT2D eigenvalue weighted by atomic mass is 32.2. The number of carbonyl (C=O) groups excluding carboxylic acids is 1. The number of thioether (sulfide) groups is 1. The number of anilines is 1. The number of aliphatic imine (C=N–C) groups is 1. The fourth-order valence-electron chi connectivity index (χ4n) is 3.67. The molecule has 2 aromatic carbocycles. The standard InChI is InChI=1S/C21H19F3N2O4S2/c22-21(23,24)15-7-4-8-16(9-15)26-18-13-32(28,29)12-17(18)25-20(26)31-11-19(27)30-10-14-5-2-1-3-6-14/h1-9,17-18H,10-13H2. The Morgan fingerprint density at radius 3 is 2.59 bits per heavy atom. The van der Waals surface area contributed by atoms with Crippen LogP contribution in [0.25, 0.3) is 0 Å². The molecule has 4 rings (SSSR count). The smallest absolute Gasteiger partial charge is 0.416 e. The van der Waals surface area contributed by atoms with E-state index >= 15 is 0 Å². The molecule has 2 unspecified atom stereocenters. The number of nitrogens with zero attached hydrogens (tertiary/aromatic N) is 2. The van der Waals surface area contributed by atoms with E-state index in [0.717, 1.165) is 29.5 Å². The quantitative estimate of drug-likeness (QED) is 0.605. The van der Waals surface area contributed by atoms with Gasteiger partial charge in [-0.15, -0.1) is 0 Å². The third-order valence-corrected chi connectivity index (χ3v) is 7.76. The van der Waals surface area contributed by atoms with Crippen molar-refractivity contribution < 1.29 is 31.1 Å². The van der Waals surface area contributed by atoms with E-state index in [1.165, 1.54) is 17.0 Å². The van der Waals surface area contributed by atoms with Gasteiger partial charge >= 0.3 is 12.1 Å². The Balaban J connectivity index is 1.50. The Bertz CT molecular complexity index is 1140. The maximum Gasteiger partial charge on any atom is 0.416 e. The molecule has 2 aliphatic rings. The van der Waals surface area contributed by atoms with Gasteiger partial charge in [0.2, 0.25) is 0 Å². The van der Waals surface area contributed by atoms with Crippen LogP contribution in [0.3, 0.4) is 0 Å². The topological polar surface area (TPSA) is 76.0 Å². The fraction of sp³-hybridized carbons (Fsp3) is 0.333. The first kappa shape index (κ1) is 22.7. The Morgan fingerprint density at radius 1 is 1.12 bits per heavy atom. The lowest BCUT2D eigenvalue weighted by Crippen LogP contribution is -2.39. The molecule has 0 amide bonds. The molecule has 170 valence electrons. The molecule has 32 heavy (non-hydrogen) atoms. The number of sulfone groups is 1. The summed E-state index contributed by atoms with van der Waals surface area (Å²) in [5.41, 5.74) is 0.175. The van der Waals surface area contributed by atoms with Gasteiger partial charge in [0.15, 0.2) is 15.0 Å². The molecular formula is C21H19F3N2O4S2. The van der Waals surface area contributed by atoms with Crippen LogP contribution < -0.4 is 4.90 Å². The second-order valence-corrected chi connectivity index (χ2v) is 10.6. The third-order valence-electron chi connectivity index (χ3n) is 5.12. The lowest BCUT2D eigenvalue weighted by molar-refractivity contribution is -0.141. The summed E-state index contributed by atoms with van der Waals surface area (Å²) < 4.78 is 69.0. The summed E-state index contributed by atoms with van der Waals surface area (Å²) in [6.45, 7) is 0.105. The summed E-state index contributed by atoms with van der Waals surface area (Å²) in [6.07, 6.45) is -4.54. The van der Waals surface area contributed by atoms with Crippen LogP contribution in [0.5, 0.6) is 0 Å². The molecule has 0 spiro atoms. The van der Waals surface area contributed by atoms with Crippen molar-refractivity contribution in [2.75, 3.05) is 22.2 Å². The van der Waals surface area contributed by atoms with E-state index in [-0.39, 0.29) is 29.6 Å². The van der Waals surface area contributed by atoms with E-state index in [4.69, 9.17) is 4.74 Å². The molecule has 1 fully saturated rings. The van der Waals surface area contributed by atoms with E-state index in [9.17, 15) is 26.4 Å². The average molecular weight is 485 g/mol. The van der Waals surface area contributed by atoms with Gasteiger partial charge in [0.1, 0.15) is 6.61 Å². The van der Waals surface area contributed by atoms with Crippen LogP contribution in [0.1, 0.15) is 11.1 Å². The van der Waals surface area contributed by atoms with Gasteiger partial charge in [-0.25, -0.2) is 8.42 Å². The van der Waals surface area contributed by atoms with Crippen LogP contribution in [-0.2, 0) is 32.2 Å². The van der Waals surface area contributed by atoms with Crippen molar-refractivity contribution in [2.45, 2.75) is 24.9 Å². The highest BCUT2D eigenvalue weighted by Gasteiger charge is 2.47. The molecule has 0 aliphatic carbocycles. The number of amidine groups is 1. The van der Waals surface area contributed by atoms with E-state index in [1.807, 2.05) is 30.3 Å². The zero-order chi connectivity index (χ0) is 22.9. The Kier molecular flexibility index (Phi) is 6.22. The van der Waals surface area contributed by atoms with Gasteiger partial charge in [0.05, 0.1) is 34.9 Å². The first-order valence-corrected chi connectivity index (χ1v) is 12.5. The largest absolute Gasteiger partial charge is 0.460 e. The van der Waals surface area contributed by atoms with Gasteiger partial charge < -0.3 is 9.64 Å². The van der Waals surface area contributed by atoms with E-state index in [1.54, 1.807) is 0 Å². The minimum atomic E-state index is -4.54. The summed E-state index contributed by atoms with van der Waals surface area (Å²) in [7, 11) is -3.35. The Labute approximate surface area is 187 Å². The lowest BCUT2D eigenvalue weighted by atomic mass is 10.1. The summed E-state index contributed by atoms with van der Waals surface area (Å²) in [5.74, 6) is -0.988. The van der Waals surface area contributed by atoms with Crippen LogP contribution in [-0.4, -0.2) is 48.9 Å². The van der Waals surface area contributed by atoms with Crippen LogP contribution in [0, 0.1) is 0 Å². The molecule has 2 aliphatic heterocycles. The maximum atomic E-state index is 13.2. The highest BCUT2D eigenvalue weighted by molar-refractivity contribution is 8.14. The zero-order valence-electron chi connectivity index (χ0n) is 16.7. The SMILES string of the molecule is O=C(CSC1=NC2CS(=O)(=O)CC2N1c1cccc(C(F)(F)F)c1)OCc1ccccc1. The molecule has 0 aromatic heterocycles. The van der Waals surface area contributed by atoms with Crippen LogP contribution in [0.2, 0.25) is 0 Å². The van der Waals surface area contributed by atoms with Crippen molar-refractivity contribution in [3.63, 3.8) is 0 Å². The number of hydrogen-bond donors (Lipinski definition) is 0. The first-order valence-electron chi connectivity index (χ1n) is 9.69. The monoisotopic (exact) mass is 484 g/mol. The van der Waals surface area contributed by atoms with Crippen molar-refractivity contribution in [1.82, 2.24) is 0 Å². The molecule has 1 saturated heterocycles. The molecule has 2 heterocycles. The summed E-state index contributed by atoms with van der Waals surface area (Å²) in [4.78, 5) is 18.1. The summed E-state index contributed by atoms with van der Waals surface area (Å²) in [5, 5.41) is 0.311. The number of benzene rings is 2. The predicted molar refractivity (Wildman–Crippen MR) is 116 cm³/mol. The van der Waals surface area contributed by atoms with Crippen molar-refractivity contribution >= 4 is 38.4 Å². The maximum absolute atomic E-state index is 13.2. The van der Waals surface area contributed by atoms with Crippen molar-refractivity contribution in [1.29, 1.82) is 0 Å². The van der Waals surface area contributed by atoms with Crippen LogP contribution in [0.4, 0.5) is 18.9 Å². The second kappa shape index (κ2) is 8.78. The molecule has 11 heteroatoms. The van der Waals surface area contributed by atoms with Crippen molar-refractivity contribution in [2.24, 2.45) is 4.99 Å². The number of hydrogen-bond acceptors (Lipinski definition) is 7. The number of ether oxygens (including phenoxy) is 1. The molecule has 0 bridgehead atoms. The minimum Gasteiger partial charge on any atom is -0.460 e. The normalized spacial score (nSPS) is 21.8. The summed E-state index contributed by atoms with van der Waals surface area (Å²) in [6, 6.07) is 12.6. The molecule has 0 radical (unpaired) electrons. The van der Waals surface area contributed by atoms with E-state index in [2.05, 4.69) is 4.99 Å². The molecule has 2 aromatic rings. The number of rotatable bonds is 5. The third kappa shape index (κ3) is 5.09. The minimum absolute atomic E-state index is 0.104. The molecule has 0 saturated carbocycles. The van der Waals surface area contributed by atoms with Gasteiger partial charge in [-0.2, -0.15) is 13.2 Å². The van der Waals surface area contributed by atoms with Crippen molar-refractivity contribution in [3.05, 3.63) is 65.7 Å². The number of fused-ring (bicyclic) bond motifs is 1. The predicted octanol–water partition coefficient (Wildman–Crippen LogP) is 3.52. The number of carbonyl (C=O) groups is 1. The lowest BCUT2D eigenvalue weighted by Gasteiger charge is -2.27. The second-order valence-electron chi connectivity index (χ2n) is 7.48. The number of esters is 1. The molecule has 6 nitrogen and oxygen atoms in total. The van der Waals surface area contributed by atoms with Crippen molar-refractivity contribution in [3.8, 4) is 0 Å². The zero-order valence-corrected chi connectivity index (χ0v) is 18.3. The molecule has 2 atom stereocenters. The molecule has 0 N–H and O–H groups in total. The van der Waals surface area contributed by atoms with E-state index in [0.29, 0.717) is 5.17 Å². The van der Waals surface area contributed by atoms with Gasteiger partial charge in [-0.05, 0) is 23.8 Å². The summed E-state index contributed by atoms with van der Waals surface area (Å²) >= 11 is 1.03. The average Bonchev–Trinajstić information content (AvgIpc) is 3.21. The Morgan fingerprint density at radius 2 is 1.88 bits per heavy atom. The Hall–Kier alpha value is -2.53. The van der Waals surface area contributed by atoms with Gasteiger partial charge in [-0.3, -0.25) is 9.79 Å². The molecular weight excluding hydrogens is 465 g/mol. The van der Waals surface area contributed by atoms with Crippen LogP contribution >= 0.6 is 11.8 Å². The number of halogens is 3. The highest BCUT2D eigenvalue weighted by Crippen LogP contribution is 2.38. The number of alkyl halides is 3. The van der Waals surface area contributed by atoms with Gasteiger partial charge in [0.25, 0.3) is 0 Å². The van der Waals surface area contributed by atoms with E-state index < -0.39 is 39.6 Å². The van der Waals surface area contributed by atoms with Gasteiger partial charge in [0, 0.05) is 5.69 Å². The fourth-order valence-corrected chi connectivity index (χ4v) is 6.44. The van der Waals surface area contributed by atoms with Gasteiger partial charge in [-0.1, -0.05) is 48.2 Å². The van der Waals surface area contributed by atoms with Crippen LogP contribution in [0.15, 0.2) is 59.6 Å².